The van der Waals surface area contributed by atoms with Crippen LogP contribution in [0.5, 0.6) is 0 Å². The van der Waals surface area contributed by atoms with Gasteiger partial charge >= 0.3 is 0 Å². The van der Waals surface area contributed by atoms with Crippen LogP contribution in [-0.2, 0) is 0 Å². The summed E-state index contributed by atoms with van der Waals surface area (Å²) in [5.74, 6) is 0.949. The van der Waals surface area contributed by atoms with Gasteiger partial charge in [0.2, 0.25) is 0 Å². The van der Waals surface area contributed by atoms with Crippen LogP contribution in [0.25, 0.3) is 11.3 Å². The normalized spacial score (nSPS) is 11.0. The Hall–Kier alpha value is -2.86. The van der Waals surface area contributed by atoms with Gasteiger partial charge < -0.3 is 4.42 Å². The van der Waals surface area contributed by atoms with Crippen LogP contribution in [0.15, 0.2) is 52.0 Å². The molecular weight excluding hydrogens is 316 g/mol. The van der Waals surface area contributed by atoms with Gasteiger partial charge in [-0.15, -0.1) is 0 Å². The van der Waals surface area contributed by atoms with Gasteiger partial charge in [0, 0.05) is 10.6 Å². The Balaban J connectivity index is 1.66. The van der Waals surface area contributed by atoms with E-state index in [-0.39, 0.29) is 0 Å². The van der Waals surface area contributed by atoms with Crippen molar-refractivity contribution in [1.29, 1.82) is 0 Å². The molecule has 2 N–H and O–H groups in total. The van der Waals surface area contributed by atoms with Crippen LogP contribution in [0.3, 0.4) is 0 Å². The highest BCUT2D eigenvalue weighted by molar-refractivity contribution is 6.30. The topological polar surface area (TPSA) is 83.3 Å². The van der Waals surface area contributed by atoms with Crippen LogP contribution in [-0.4, -0.2) is 22.3 Å². The van der Waals surface area contributed by atoms with Gasteiger partial charge in [0.05, 0.1) is 11.9 Å². The van der Waals surface area contributed by atoms with Crippen LogP contribution in [0.2, 0.25) is 5.02 Å². The third-order valence-electron chi connectivity index (χ3n) is 3.08. The first-order chi connectivity index (χ1) is 11.1. The summed E-state index contributed by atoms with van der Waals surface area (Å²) in [4.78, 5) is 12.0. The predicted molar refractivity (Wildman–Crippen MR) is 87.5 cm³/mol. The predicted octanol–water partition coefficient (Wildman–Crippen LogP) is 3.40. The second-order valence-corrected chi connectivity index (χ2v) is 5.26. The molecule has 0 aliphatic rings. The monoisotopic (exact) mass is 328 g/mol. The Kier molecular flexibility index (Phi) is 4.25. The number of hydrogen-bond donors (Lipinski definition) is 2. The van der Waals surface area contributed by atoms with Gasteiger partial charge in [-0.05, 0) is 37.3 Å². The van der Waals surface area contributed by atoms with Crippen molar-refractivity contribution in [2.45, 2.75) is 6.92 Å². The lowest BCUT2D eigenvalue weighted by Gasteiger charge is -1.95. The summed E-state index contributed by atoms with van der Waals surface area (Å²) in [5, 5.41) is 11.3. The zero-order valence-corrected chi connectivity index (χ0v) is 13.0. The molecule has 0 bridgehead atoms. The summed E-state index contributed by atoms with van der Waals surface area (Å²) in [7, 11) is 0. The fourth-order valence-corrected chi connectivity index (χ4v) is 2.07. The van der Waals surface area contributed by atoms with Crippen LogP contribution < -0.4 is 5.43 Å². The molecule has 0 unspecified atom stereocenters. The average molecular weight is 329 g/mol. The summed E-state index contributed by atoms with van der Waals surface area (Å²) in [6.45, 7) is 1.83. The van der Waals surface area contributed by atoms with E-state index in [1.165, 1.54) is 6.21 Å². The minimum Gasteiger partial charge on any atom is -0.460 e. The van der Waals surface area contributed by atoms with E-state index in [1.54, 1.807) is 24.3 Å². The maximum absolute atomic E-state index is 12.0. The Morgan fingerprint density at radius 1 is 1.30 bits per heavy atom. The minimum atomic E-state index is -0.391. The van der Waals surface area contributed by atoms with E-state index in [0.717, 1.165) is 11.3 Å². The molecule has 1 amide bonds. The van der Waals surface area contributed by atoms with Gasteiger partial charge in [-0.3, -0.25) is 9.89 Å². The molecule has 0 spiro atoms. The number of aromatic nitrogens is 2. The van der Waals surface area contributed by atoms with Crippen LogP contribution in [0.1, 0.15) is 22.0 Å². The summed E-state index contributed by atoms with van der Waals surface area (Å²) >= 11 is 5.85. The third-order valence-corrected chi connectivity index (χ3v) is 3.33. The van der Waals surface area contributed by atoms with E-state index >= 15 is 0 Å². The number of carbonyl (C=O) groups excluding carboxylic acids is 1. The molecule has 3 rings (SSSR count). The molecule has 0 aliphatic heterocycles. The number of benzene rings is 1. The summed E-state index contributed by atoms with van der Waals surface area (Å²) in [6, 6.07) is 12.4. The average Bonchev–Trinajstić information content (AvgIpc) is 3.17. The number of aromatic amines is 1. The second kappa shape index (κ2) is 6.50. The second-order valence-electron chi connectivity index (χ2n) is 4.82. The first-order valence-corrected chi connectivity index (χ1v) is 7.21. The molecule has 0 radical (unpaired) electrons. The van der Waals surface area contributed by atoms with Gasteiger partial charge in [-0.1, -0.05) is 23.7 Å². The van der Waals surface area contributed by atoms with Crippen LogP contribution >= 0.6 is 11.6 Å². The first kappa shape index (κ1) is 15.1. The summed E-state index contributed by atoms with van der Waals surface area (Å²) < 4.78 is 5.31. The van der Waals surface area contributed by atoms with Crippen molar-refractivity contribution in [2.75, 3.05) is 0 Å². The SMILES string of the molecule is Cc1ccc(/C=N/NC(=O)c2cc(-c3ccc(Cl)cc3)n[nH]2)o1. The quantitative estimate of drug-likeness (QED) is 0.568. The van der Waals surface area contributed by atoms with Crippen LogP contribution in [0.4, 0.5) is 0 Å². The number of nitrogens with one attached hydrogen (secondary N) is 2. The van der Waals surface area contributed by atoms with E-state index in [0.29, 0.717) is 22.2 Å². The van der Waals surface area contributed by atoms with Crippen molar-refractivity contribution in [3.63, 3.8) is 0 Å². The van der Waals surface area contributed by atoms with Crippen molar-refractivity contribution >= 4 is 23.7 Å². The zero-order valence-electron chi connectivity index (χ0n) is 12.2. The Morgan fingerprint density at radius 3 is 2.78 bits per heavy atom. The summed E-state index contributed by atoms with van der Waals surface area (Å²) in [5.41, 5.74) is 4.23. The molecule has 0 atom stereocenters. The van der Waals surface area contributed by atoms with E-state index < -0.39 is 5.91 Å². The molecular formula is C16H13ClN4O2. The molecule has 2 heterocycles. The molecule has 0 saturated heterocycles. The fourth-order valence-electron chi connectivity index (χ4n) is 1.94. The smallest absolute Gasteiger partial charge is 0.289 e. The molecule has 0 aliphatic carbocycles. The molecule has 3 aromatic rings. The Bertz CT molecular complexity index is 849. The summed E-state index contributed by atoms with van der Waals surface area (Å²) in [6.07, 6.45) is 1.43. The highest BCUT2D eigenvalue weighted by Crippen LogP contribution is 2.20. The molecule has 2 aromatic heterocycles. The lowest BCUT2D eigenvalue weighted by atomic mass is 10.1. The van der Waals surface area contributed by atoms with Crippen molar-refractivity contribution < 1.29 is 9.21 Å². The molecule has 0 fully saturated rings. The number of H-pyrrole nitrogens is 1. The van der Waals surface area contributed by atoms with Crippen molar-refractivity contribution in [2.24, 2.45) is 5.10 Å². The zero-order chi connectivity index (χ0) is 16.2. The standard InChI is InChI=1S/C16H13ClN4O2/c1-10-2-7-13(23-10)9-18-21-16(22)15-8-14(19-20-15)11-3-5-12(17)6-4-11/h2-9H,1H3,(H,19,20)(H,21,22)/b18-9+. The molecule has 1 aromatic carbocycles. The maximum atomic E-state index is 12.0. The number of carbonyl (C=O) groups is 1. The highest BCUT2D eigenvalue weighted by Gasteiger charge is 2.10. The lowest BCUT2D eigenvalue weighted by molar-refractivity contribution is 0.0950. The van der Waals surface area contributed by atoms with Crippen molar-refractivity contribution in [3.8, 4) is 11.3 Å². The highest BCUT2D eigenvalue weighted by atomic mass is 35.5. The lowest BCUT2D eigenvalue weighted by Crippen LogP contribution is -2.17. The Labute approximate surface area is 137 Å². The number of nitrogens with zero attached hydrogens (tertiary/aromatic N) is 2. The maximum Gasteiger partial charge on any atom is 0.289 e. The Morgan fingerprint density at radius 2 is 2.09 bits per heavy atom. The number of rotatable bonds is 4. The number of aryl methyl sites for hydroxylation is 1. The molecule has 0 saturated carbocycles. The van der Waals surface area contributed by atoms with Gasteiger partial charge in [-0.2, -0.15) is 10.2 Å². The van der Waals surface area contributed by atoms with E-state index in [1.807, 2.05) is 25.1 Å². The number of hydrazone groups is 1. The van der Waals surface area contributed by atoms with E-state index in [4.69, 9.17) is 16.0 Å². The van der Waals surface area contributed by atoms with Crippen molar-refractivity contribution in [3.05, 3.63) is 64.7 Å². The van der Waals surface area contributed by atoms with E-state index in [9.17, 15) is 4.79 Å². The number of furan rings is 1. The third kappa shape index (κ3) is 3.67. The number of hydrogen-bond acceptors (Lipinski definition) is 4. The molecule has 7 heteroatoms. The van der Waals surface area contributed by atoms with Gasteiger partial charge in [0.1, 0.15) is 17.2 Å². The number of amides is 1. The molecule has 6 nitrogen and oxygen atoms in total. The largest absolute Gasteiger partial charge is 0.460 e. The molecule has 23 heavy (non-hydrogen) atoms. The van der Waals surface area contributed by atoms with Crippen LogP contribution in [0, 0.1) is 6.92 Å². The molecule has 116 valence electrons. The fraction of sp³-hybridized carbons (Fsp3) is 0.0625. The van der Waals surface area contributed by atoms with Crippen molar-refractivity contribution in [1.82, 2.24) is 15.6 Å². The van der Waals surface area contributed by atoms with E-state index in [2.05, 4.69) is 20.7 Å². The van der Waals surface area contributed by atoms with Gasteiger partial charge in [-0.25, -0.2) is 5.43 Å². The minimum absolute atomic E-state index is 0.308. The number of halogens is 1. The van der Waals surface area contributed by atoms with Gasteiger partial charge in [0.15, 0.2) is 0 Å². The van der Waals surface area contributed by atoms with Gasteiger partial charge in [0.25, 0.3) is 5.91 Å². The first-order valence-electron chi connectivity index (χ1n) is 6.83.